The molecule has 0 atom stereocenters. The van der Waals surface area contributed by atoms with Crippen LogP contribution in [0.5, 0.6) is 5.75 Å². The molecule has 0 unspecified atom stereocenters. The predicted molar refractivity (Wildman–Crippen MR) is 166 cm³/mol. The van der Waals surface area contributed by atoms with Crippen molar-refractivity contribution in [2.24, 2.45) is 20.5 Å². The van der Waals surface area contributed by atoms with Crippen molar-refractivity contribution in [1.82, 2.24) is 15.0 Å². The number of ether oxygens (including phenoxy) is 1. The summed E-state index contributed by atoms with van der Waals surface area (Å²) in [5, 5.41) is 18.1. The molecule has 1 heterocycles. The van der Waals surface area contributed by atoms with Crippen molar-refractivity contribution < 1.29 is 132 Å². The molecule has 1 N–H and O–H groups in total. The van der Waals surface area contributed by atoms with Crippen LogP contribution in [0.25, 0.3) is 0 Å². The molecule has 0 aliphatic rings. The average molecular weight is 828 g/mol. The summed E-state index contributed by atoms with van der Waals surface area (Å²) >= 11 is 11.7. The first-order valence-corrected chi connectivity index (χ1v) is 18.1. The summed E-state index contributed by atoms with van der Waals surface area (Å²) in [5.74, 6) is -0.707. The van der Waals surface area contributed by atoms with E-state index in [4.69, 9.17) is 27.9 Å². The number of anilines is 2. The zero-order chi connectivity index (χ0) is 35.3. The number of hydrogen-bond acceptors (Lipinski definition) is 18. The Morgan fingerprint density at radius 3 is 1.86 bits per heavy atom. The molecule has 3 aromatic carbocycles. The van der Waals surface area contributed by atoms with Crippen LogP contribution in [0.1, 0.15) is 12.0 Å². The molecule has 254 valence electrons. The Labute approximate surface area is 368 Å². The summed E-state index contributed by atoms with van der Waals surface area (Å²) in [6.07, 6.45) is -0.152. The van der Waals surface area contributed by atoms with E-state index in [0.717, 1.165) is 24.3 Å². The summed E-state index contributed by atoms with van der Waals surface area (Å²) in [6, 6.07) is 10.6. The van der Waals surface area contributed by atoms with Crippen LogP contribution in [0.15, 0.2) is 84.8 Å². The number of benzene rings is 3. The molecule has 1 aromatic heterocycles. The predicted octanol–water partition coefficient (Wildman–Crippen LogP) is -3.80. The summed E-state index contributed by atoms with van der Waals surface area (Å²) in [5.41, 5.74) is 0.491. The van der Waals surface area contributed by atoms with Gasteiger partial charge in [0.15, 0.2) is 0 Å². The molecule has 51 heavy (non-hydrogen) atoms. The molecule has 0 fully saturated rings. The van der Waals surface area contributed by atoms with E-state index in [2.05, 4.69) is 40.7 Å². The van der Waals surface area contributed by atoms with Crippen molar-refractivity contribution >= 4 is 87.9 Å². The fourth-order valence-corrected chi connectivity index (χ4v) is 5.61. The van der Waals surface area contributed by atoms with Crippen molar-refractivity contribution in [2.45, 2.75) is 23.1 Å². The Bertz CT molecular complexity index is 2230. The van der Waals surface area contributed by atoms with Crippen LogP contribution in [0.4, 0.5) is 34.4 Å². The maximum absolute atomic E-state index is 12.1. The molecule has 18 nitrogen and oxygen atoms in total. The number of halogens is 2. The van der Waals surface area contributed by atoms with E-state index < -0.39 is 45.9 Å². The minimum absolute atomic E-state index is 0. The first-order chi connectivity index (χ1) is 22.4. The van der Waals surface area contributed by atoms with E-state index in [1.165, 1.54) is 30.3 Å². The topological polar surface area (TPSA) is 281 Å². The van der Waals surface area contributed by atoms with Crippen LogP contribution < -0.4 is 98.7 Å². The minimum atomic E-state index is -5.12. The SMILES string of the molecule is Cc1cc(Nc2nc(Cl)nc(Cl)n2)c(OCCCS(=O)(=O)[O-])cc1N=Nc1ccc(N=Nc2ccc(S(=O)(=O)[O-])cc2)cc1S(=O)(=O)[O-].[Na+].[Na+].[Na+]. The molecule has 0 bridgehead atoms. The van der Waals surface area contributed by atoms with E-state index in [1.807, 2.05) is 0 Å². The molecule has 0 saturated carbocycles. The van der Waals surface area contributed by atoms with Crippen molar-refractivity contribution in [3.8, 4) is 5.75 Å². The van der Waals surface area contributed by atoms with Crippen LogP contribution in [-0.4, -0.2) is 66.2 Å². The molecule has 26 heteroatoms. The van der Waals surface area contributed by atoms with E-state index >= 15 is 0 Å². The Hall–Kier alpha value is -1.22. The molecular weight excluding hydrogens is 808 g/mol. The third-order valence-electron chi connectivity index (χ3n) is 5.81. The summed E-state index contributed by atoms with van der Waals surface area (Å²) < 4.78 is 108. The van der Waals surface area contributed by atoms with Gasteiger partial charge < -0.3 is 23.7 Å². The smallest absolute Gasteiger partial charge is 0.748 e. The molecular formula is C25H19Cl2N8Na3O10S3. The van der Waals surface area contributed by atoms with Crippen LogP contribution in [0, 0.1) is 6.92 Å². The Kier molecular flexibility index (Phi) is 19.2. The van der Waals surface area contributed by atoms with Crippen LogP contribution >= 0.6 is 23.2 Å². The number of nitrogens with one attached hydrogen (secondary N) is 1. The van der Waals surface area contributed by atoms with Crippen molar-refractivity contribution in [3.63, 3.8) is 0 Å². The maximum atomic E-state index is 12.1. The molecule has 0 saturated heterocycles. The van der Waals surface area contributed by atoms with E-state index in [1.54, 1.807) is 6.92 Å². The number of azo groups is 2. The van der Waals surface area contributed by atoms with Gasteiger partial charge in [-0.3, -0.25) is 0 Å². The van der Waals surface area contributed by atoms with Crippen LogP contribution in [-0.2, 0) is 30.4 Å². The number of aromatic nitrogens is 3. The fourth-order valence-electron chi connectivity index (χ4n) is 3.67. The second-order valence-corrected chi connectivity index (χ2v) is 14.3. The van der Waals surface area contributed by atoms with Crippen molar-refractivity contribution in [3.05, 3.63) is 70.7 Å². The van der Waals surface area contributed by atoms with Gasteiger partial charge in [-0.25, -0.2) is 25.3 Å². The van der Waals surface area contributed by atoms with Gasteiger partial charge in [-0.05, 0) is 90.6 Å². The van der Waals surface area contributed by atoms with Gasteiger partial charge in [-0.15, -0.1) is 5.11 Å². The van der Waals surface area contributed by atoms with E-state index in [-0.39, 0.29) is 152 Å². The molecule has 0 aliphatic carbocycles. The maximum Gasteiger partial charge on any atom is 1.00 e. The second-order valence-electron chi connectivity index (χ2n) is 9.37. The molecule has 0 amide bonds. The average Bonchev–Trinajstić information content (AvgIpc) is 2.97. The third kappa shape index (κ3) is 15.2. The van der Waals surface area contributed by atoms with Gasteiger partial charge >= 0.3 is 88.7 Å². The minimum Gasteiger partial charge on any atom is -0.748 e. The quantitative estimate of drug-likeness (QED) is 0.0586. The van der Waals surface area contributed by atoms with Crippen molar-refractivity contribution in [2.75, 3.05) is 17.7 Å². The van der Waals surface area contributed by atoms with E-state index in [0.29, 0.717) is 5.56 Å². The number of rotatable bonds is 13. The summed E-state index contributed by atoms with van der Waals surface area (Å²) in [6.45, 7) is 1.39. The summed E-state index contributed by atoms with van der Waals surface area (Å²) in [7, 11) is -14.3. The normalized spacial score (nSPS) is 11.8. The van der Waals surface area contributed by atoms with Crippen molar-refractivity contribution in [1.29, 1.82) is 0 Å². The molecule has 4 aromatic rings. The first kappa shape index (κ1) is 47.8. The van der Waals surface area contributed by atoms with Crippen LogP contribution in [0.2, 0.25) is 10.6 Å². The number of aryl methyl sites for hydroxylation is 1. The molecule has 0 spiro atoms. The zero-order valence-corrected chi connectivity index (χ0v) is 37.0. The monoisotopic (exact) mass is 826 g/mol. The second kappa shape index (κ2) is 20.5. The van der Waals surface area contributed by atoms with Gasteiger partial charge in [0.25, 0.3) is 0 Å². The molecule has 0 aliphatic heterocycles. The van der Waals surface area contributed by atoms with Gasteiger partial charge in [0.05, 0.1) is 49.3 Å². The van der Waals surface area contributed by atoms with E-state index in [9.17, 15) is 38.9 Å². The van der Waals surface area contributed by atoms with Gasteiger partial charge in [0.2, 0.25) is 16.5 Å². The Balaban J connectivity index is 0.00000433. The number of nitrogens with zero attached hydrogens (tertiary/aromatic N) is 7. The fraction of sp³-hybridized carbons (Fsp3) is 0.160. The number of hydrogen-bond donors (Lipinski definition) is 1. The first-order valence-electron chi connectivity index (χ1n) is 12.9. The van der Waals surface area contributed by atoms with Gasteiger partial charge in [-0.2, -0.15) is 30.3 Å². The summed E-state index contributed by atoms with van der Waals surface area (Å²) in [4.78, 5) is 10.2. The molecule has 4 rings (SSSR count). The molecule has 0 radical (unpaired) electrons. The third-order valence-corrected chi connectivity index (χ3v) is 8.65. The zero-order valence-electron chi connectivity index (χ0n) is 27.0. The van der Waals surface area contributed by atoms with Gasteiger partial charge in [0, 0.05) is 11.8 Å². The standard InChI is InChI=1S/C25H22Cl2N8O10S3.3Na/c1-14-11-20(28-25-30-23(26)29-24(27)31-25)21(45-9-2-10-46(36,37)38)13-19(14)35-34-18-8-5-16(12-22(18)48(42,43)44)33-32-15-3-6-17(7-4-15)47(39,40)41;;;/h3-8,11-13H,2,9-10H2,1H3,(H,36,37,38)(H,39,40,41)(H,42,43,44)(H,28,29,30,31);;;/q;3*+1/p-3. The Morgan fingerprint density at radius 1 is 0.725 bits per heavy atom. The Morgan fingerprint density at radius 2 is 1.29 bits per heavy atom. The van der Waals surface area contributed by atoms with Crippen LogP contribution in [0.3, 0.4) is 0 Å². The van der Waals surface area contributed by atoms with Gasteiger partial charge in [-0.1, -0.05) is 0 Å². The van der Waals surface area contributed by atoms with Gasteiger partial charge in [0.1, 0.15) is 31.7 Å². The largest absolute Gasteiger partial charge is 1.00 e.